The highest BCUT2D eigenvalue weighted by Crippen LogP contribution is 2.11. The predicted molar refractivity (Wildman–Crippen MR) is 59.0 cm³/mol. The summed E-state index contributed by atoms with van der Waals surface area (Å²) in [6.45, 7) is 2.10. The second-order valence-corrected chi connectivity index (χ2v) is 3.43. The Morgan fingerprint density at radius 1 is 1.46 bits per heavy atom. The lowest BCUT2D eigenvalue weighted by Gasteiger charge is -2.02. The average Bonchev–Trinajstić information content (AvgIpc) is 2.14. The van der Waals surface area contributed by atoms with Gasteiger partial charge >= 0.3 is 0 Å². The smallest absolute Gasteiger partial charge is 0.0411 e. The molecule has 0 spiro atoms. The molecule has 0 heterocycles. The Morgan fingerprint density at radius 3 is 2.85 bits per heavy atom. The van der Waals surface area contributed by atoms with Crippen molar-refractivity contribution >= 4 is 17.7 Å². The molecule has 1 atom stereocenters. The van der Waals surface area contributed by atoms with E-state index in [4.69, 9.17) is 11.6 Å². The second kappa shape index (κ2) is 5.05. The third kappa shape index (κ3) is 3.62. The molecule has 1 aromatic carbocycles. The zero-order valence-electron chi connectivity index (χ0n) is 7.92. The summed E-state index contributed by atoms with van der Waals surface area (Å²) in [5.41, 5.74) is 1.13. The van der Waals surface area contributed by atoms with Crippen molar-refractivity contribution in [1.29, 1.82) is 0 Å². The molecule has 0 aliphatic rings. The molecule has 70 valence electrons. The third-order valence-corrected chi connectivity index (χ3v) is 2.12. The van der Waals surface area contributed by atoms with Gasteiger partial charge < -0.3 is 5.32 Å². The van der Waals surface area contributed by atoms with Crippen molar-refractivity contribution in [2.75, 3.05) is 7.05 Å². The molecule has 0 unspecified atom stereocenters. The molecule has 0 aliphatic heterocycles. The van der Waals surface area contributed by atoms with Gasteiger partial charge in [0, 0.05) is 11.1 Å². The van der Waals surface area contributed by atoms with E-state index in [1.165, 1.54) is 0 Å². The lowest BCUT2D eigenvalue weighted by Crippen LogP contribution is -2.17. The Hall–Kier alpha value is -0.790. The number of benzene rings is 1. The van der Waals surface area contributed by atoms with Crippen LogP contribution in [0.25, 0.3) is 6.08 Å². The van der Waals surface area contributed by atoms with Crippen molar-refractivity contribution in [3.63, 3.8) is 0 Å². The van der Waals surface area contributed by atoms with Crippen LogP contribution in [0, 0.1) is 0 Å². The quantitative estimate of drug-likeness (QED) is 0.782. The van der Waals surface area contributed by atoms with E-state index in [0.717, 1.165) is 10.6 Å². The fourth-order valence-electron chi connectivity index (χ4n) is 0.962. The van der Waals surface area contributed by atoms with Crippen molar-refractivity contribution in [2.24, 2.45) is 0 Å². The summed E-state index contributed by atoms with van der Waals surface area (Å²) in [6.07, 6.45) is 4.17. The number of nitrogens with one attached hydrogen (secondary N) is 1. The van der Waals surface area contributed by atoms with Gasteiger partial charge in [-0.1, -0.05) is 35.9 Å². The Labute approximate surface area is 84.4 Å². The fourth-order valence-corrected chi connectivity index (χ4v) is 1.16. The summed E-state index contributed by atoms with van der Waals surface area (Å²) in [5.74, 6) is 0. The molecule has 0 bridgehead atoms. The van der Waals surface area contributed by atoms with Crippen LogP contribution < -0.4 is 5.32 Å². The molecule has 1 aromatic rings. The molecule has 0 saturated carbocycles. The van der Waals surface area contributed by atoms with Gasteiger partial charge in [0.25, 0.3) is 0 Å². The van der Waals surface area contributed by atoms with Gasteiger partial charge in [0.2, 0.25) is 0 Å². The highest BCUT2D eigenvalue weighted by Gasteiger charge is 1.91. The molecule has 0 aromatic heterocycles. The summed E-state index contributed by atoms with van der Waals surface area (Å²) in [6, 6.07) is 8.19. The molecule has 0 fully saturated rings. The standard InChI is InChI=1S/C11H14ClN/c1-9(13-2)6-7-10-4-3-5-11(12)8-10/h3-9,13H,1-2H3/b7-6+/t9-/m0/s1. The molecule has 13 heavy (non-hydrogen) atoms. The van der Waals surface area contributed by atoms with E-state index >= 15 is 0 Å². The first kappa shape index (κ1) is 10.3. The molecule has 1 N–H and O–H groups in total. The molecule has 0 aliphatic carbocycles. The Bertz CT molecular complexity index is 294. The van der Waals surface area contributed by atoms with E-state index < -0.39 is 0 Å². The SMILES string of the molecule is CN[C@@H](C)/C=C/c1cccc(Cl)c1. The molecule has 0 amide bonds. The van der Waals surface area contributed by atoms with Crippen molar-refractivity contribution in [3.05, 3.63) is 40.9 Å². The minimum absolute atomic E-state index is 0.388. The van der Waals surface area contributed by atoms with Gasteiger partial charge in [0.05, 0.1) is 0 Å². The summed E-state index contributed by atoms with van der Waals surface area (Å²) in [4.78, 5) is 0. The molecular formula is C11H14ClN. The topological polar surface area (TPSA) is 12.0 Å². The van der Waals surface area contributed by atoms with E-state index in [2.05, 4.69) is 24.4 Å². The van der Waals surface area contributed by atoms with Crippen molar-refractivity contribution in [3.8, 4) is 0 Å². The van der Waals surface area contributed by atoms with Crippen molar-refractivity contribution in [1.82, 2.24) is 5.32 Å². The number of halogens is 1. The Balaban J connectivity index is 2.68. The lowest BCUT2D eigenvalue weighted by atomic mass is 10.2. The molecule has 1 nitrogen and oxygen atoms in total. The van der Waals surface area contributed by atoms with E-state index in [9.17, 15) is 0 Å². The molecule has 2 heteroatoms. The number of hydrogen-bond donors (Lipinski definition) is 1. The summed E-state index contributed by atoms with van der Waals surface area (Å²) in [7, 11) is 1.94. The van der Waals surface area contributed by atoms with Crippen LogP contribution in [-0.4, -0.2) is 13.1 Å². The number of rotatable bonds is 3. The summed E-state index contributed by atoms with van der Waals surface area (Å²) < 4.78 is 0. The monoisotopic (exact) mass is 195 g/mol. The Kier molecular flexibility index (Phi) is 4.00. The van der Waals surface area contributed by atoms with Gasteiger partial charge in [0.1, 0.15) is 0 Å². The molecule has 0 radical (unpaired) electrons. The van der Waals surface area contributed by atoms with E-state index in [0.29, 0.717) is 6.04 Å². The fraction of sp³-hybridized carbons (Fsp3) is 0.273. The van der Waals surface area contributed by atoms with Crippen molar-refractivity contribution < 1.29 is 0 Å². The van der Waals surface area contributed by atoms with Gasteiger partial charge in [0.15, 0.2) is 0 Å². The van der Waals surface area contributed by atoms with Gasteiger partial charge in [-0.15, -0.1) is 0 Å². The maximum absolute atomic E-state index is 5.84. The van der Waals surface area contributed by atoms with Crippen LogP contribution >= 0.6 is 11.6 Å². The van der Waals surface area contributed by atoms with Gasteiger partial charge in [-0.3, -0.25) is 0 Å². The van der Waals surface area contributed by atoms with Gasteiger partial charge in [-0.2, -0.15) is 0 Å². The van der Waals surface area contributed by atoms with Crippen LogP contribution in [0.5, 0.6) is 0 Å². The van der Waals surface area contributed by atoms with Crippen LogP contribution in [0.1, 0.15) is 12.5 Å². The largest absolute Gasteiger partial charge is 0.314 e. The first-order valence-electron chi connectivity index (χ1n) is 4.33. The summed E-state index contributed by atoms with van der Waals surface area (Å²) >= 11 is 5.84. The van der Waals surface area contributed by atoms with Gasteiger partial charge in [-0.25, -0.2) is 0 Å². The molecule has 0 saturated heterocycles. The summed E-state index contributed by atoms with van der Waals surface area (Å²) in [5, 5.41) is 3.91. The highest BCUT2D eigenvalue weighted by atomic mass is 35.5. The number of hydrogen-bond acceptors (Lipinski definition) is 1. The Morgan fingerprint density at radius 2 is 2.23 bits per heavy atom. The average molecular weight is 196 g/mol. The van der Waals surface area contributed by atoms with Crippen LogP contribution in [0.15, 0.2) is 30.3 Å². The zero-order valence-corrected chi connectivity index (χ0v) is 8.68. The van der Waals surface area contributed by atoms with Crippen LogP contribution in [0.4, 0.5) is 0 Å². The number of likely N-dealkylation sites (N-methyl/N-ethyl adjacent to an activating group) is 1. The van der Waals surface area contributed by atoms with E-state index in [-0.39, 0.29) is 0 Å². The van der Waals surface area contributed by atoms with E-state index in [1.54, 1.807) is 0 Å². The third-order valence-electron chi connectivity index (χ3n) is 1.88. The van der Waals surface area contributed by atoms with Crippen LogP contribution in [0.3, 0.4) is 0 Å². The van der Waals surface area contributed by atoms with Gasteiger partial charge in [-0.05, 0) is 31.7 Å². The lowest BCUT2D eigenvalue weighted by molar-refractivity contribution is 0.731. The second-order valence-electron chi connectivity index (χ2n) is 2.99. The minimum atomic E-state index is 0.388. The molecule has 1 rings (SSSR count). The first-order chi connectivity index (χ1) is 6.22. The predicted octanol–water partition coefficient (Wildman–Crippen LogP) is 2.96. The normalized spacial score (nSPS) is 13.5. The van der Waals surface area contributed by atoms with E-state index in [1.807, 2.05) is 31.3 Å². The van der Waals surface area contributed by atoms with Crippen LogP contribution in [0.2, 0.25) is 5.02 Å². The van der Waals surface area contributed by atoms with Crippen LogP contribution in [-0.2, 0) is 0 Å². The van der Waals surface area contributed by atoms with Crippen molar-refractivity contribution in [2.45, 2.75) is 13.0 Å². The zero-order chi connectivity index (χ0) is 9.68. The maximum Gasteiger partial charge on any atom is 0.0411 e. The maximum atomic E-state index is 5.84. The first-order valence-corrected chi connectivity index (χ1v) is 4.71. The minimum Gasteiger partial charge on any atom is -0.314 e. The molecular weight excluding hydrogens is 182 g/mol. The highest BCUT2D eigenvalue weighted by molar-refractivity contribution is 6.30.